The van der Waals surface area contributed by atoms with E-state index in [-0.39, 0.29) is 48.8 Å². The molecule has 2 fully saturated rings. The number of urea groups is 1. The van der Waals surface area contributed by atoms with Gasteiger partial charge in [-0.05, 0) is 24.5 Å². The van der Waals surface area contributed by atoms with E-state index >= 15 is 0 Å². The van der Waals surface area contributed by atoms with Crippen LogP contribution in [0.2, 0.25) is 0 Å². The number of rotatable bonds is 8. The fourth-order valence-electron chi connectivity index (χ4n) is 4.19. The van der Waals surface area contributed by atoms with E-state index in [1.807, 2.05) is 30.3 Å². The monoisotopic (exact) mass is 458 g/mol. The summed E-state index contributed by atoms with van der Waals surface area (Å²) in [6.07, 6.45) is 1.37. The highest BCUT2D eigenvalue weighted by Crippen LogP contribution is 2.46. The Bertz CT molecular complexity index is 1000. The zero-order valence-corrected chi connectivity index (χ0v) is 18.4. The van der Waals surface area contributed by atoms with Crippen molar-refractivity contribution in [1.82, 2.24) is 20.9 Å². The maximum absolute atomic E-state index is 14.5. The van der Waals surface area contributed by atoms with Crippen molar-refractivity contribution in [2.75, 3.05) is 26.7 Å². The number of nitrogens with zero attached hydrogens (tertiary/aromatic N) is 1. The predicted molar refractivity (Wildman–Crippen MR) is 119 cm³/mol. The topological polar surface area (TPSA) is 82.7 Å². The molecule has 176 valence electrons. The summed E-state index contributed by atoms with van der Waals surface area (Å²) in [5.41, 5.74) is 1.36. The van der Waals surface area contributed by atoms with Crippen molar-refractivity contribution in [3.63, 3.8) is 0 Å². The number of carbonyl (C=O) groups is 2. The second-order valence-electron chi connectivity index (χ2n) is 8.46. The number of likely N-dealkylation sites (tertiary alicyclic amines) is 1. The van der Waals surface area contributed by atoms with Crippen LogP contribution in [0.15, 0.2) is 42.5 Å². The Hall–Kier alpha value is -3.20. The van der Waals surface area contributed by atoms with Crippen LogP contribution < -0.4 is 20.7 Å². The third-order valence-electron chi connectivity index (χ3n) is 6.07. The molecule has 0 radical (unpaired) electrons. The molecule has 1 heterocycles. The minimum Gasteiger partial charge on any atom is -0.486 e. The first-order valence-corrected chi connectivity index (χ1v) is 11.1. The van der Waals surface area contributed by atoms with Crippen LogP contribution in [0.5, 0.6) is 5.75 Å². The third-order valence-corrected chi connectivity index (χ3v) is 6.07. The smallest absolute Gasteiger partial charge is 0.314 e. The maximum atomic E-state index is 14.5. The molecule has 1 aliphatic carbocycles. The predicted octanol–water partition coefficient (Wildman–Crippen LogP) is 2.52. The van der Waals surface area contributed by atoms with Gasteiger partial charge in [-0.2, -0.15) is 0 Å². The van der Waals surface area contributed by atoms with Crippen molar-refractivity contribution in [2.24, 2.45) is 0 Å². The lowest BCUT2D eigenvalue weighted by atomic mass is 10.1. The lowest BCUT2D eigenvalue weighted by Crippen LogP contribution is -2.43. The van der Waals surface area contributed by atoms with Gasteiger partial charge in [-0.15, -0.1) is 0 Å². The van der Waals surface area contributed by atoms with Gasteiger partial charge >= 0.3 is 6.03 Å². The summed E-state index contributed by atoms with van der Waals surface area (Å²) >= 11 is 0. The summed E-state index contributed by atoms with van der Waals surface area (Å²) in [6.45, 7) is 1.36. The minimum absolute atomic E-state index is 0.0587. The van der Waals surface area contributed by atoms with Gasteiger partial charge in [0.2, 0.25) is 5.91 Å². The largest absolute Gasteiger partial charge is 0.486 e. The second kappa shape index (κ2) is 10.2. The van der Waals surface area contributed by atoms with Gasteiger partial charge in [0.25, 0.3) is 0 Å². The number of benzene rings is 2. The molecule has 1 saturated carbocycles. The Balaban J connectivity index is 1.31. The molecule has 3 unspecified atom stereocenters. The van der Waals surface area contributed by atoms with Crippen molar-refractivity contribution in [1.29, 1.82) is 0 Å². The Kier molecular flexibility index (Phi) is 7.08. The highest BCUT2D eigenvalue weighted by atomic mass is 19.1. The minimum atomic E-state index is -0.727. The first-order valence-electron chi connectivity index (χ1n) is 11.1. The Morgan fingerprint density at radius 3 is 2.73 bits per heavy atom. The van der Waals surface area contributed by atoms with Gasteiger partial charge in [0.1, 0.15) is 12.4 Å². The molecule has 9 heteroatoms. The van der Waals surface area contributed by atoms with Gasteiger partial charge in [-0.25, -0.2) is 13.6 Å². The van der Waals surface area contributed by atoms with Gasteiger partial charge in [0.05, 0.1) is 6.54 Å². The van der Waals surface area contributed by atoms with Crippen molar-refractivity contribution < 1.29 is 23.1 Å². The van der Waals surface area contributed by atoms with Crippen LogP contribution in [-0.4, -0.2) is 55.6 Å². The fourth-order valence-corrected chi connectivity index (χ4v) is 4.19. The highest BCUT2D eigenvalue weighted by Gasteiger charge is 2.41. The molecule has 2 aromatic carbocycles. The molecule has 3 N–H and O–H groups in total. The van der Waals surface area contributed by atoms with E-state index in [4.69, 9.17) is 4.74 Å². The van der Waals surface area contributed by atoms with Crippen LogP contribution in [0.25, 0.3) is 0 Å². The Morgan fingerprint density at radius 1 is 1.18 bits per heavy atom. The molecule has 4 rings (SSSR count). The number of amides is 3. The average Bonchev–Trinajstić information content (AvgIpc) is 3.44. The van der Waals surface area contributed by atoms with Crippen LogP contribution >= 0.6 is 0 Å². The van der Waals surface area contributed by atoms with E-state index in [2.05, 4.69) is 16.0 Å². The summed E-state index contributed by atoms with van der Waals surface area (Å²) in [4.78, 5) is 25.7. The van der Waals surface area contributed by atoms with Crippen molar-refractivity contribution >= 4 is 11.9 Å². The quantitative estimate of drug-likeness (QED) is 0.568. The molecule has 2 aliphatic rings. The lowest BCUT2D eigenvalue weighted by molar-refractivity contribution is -0.129. The van der Waals surface area contributed by atoms with Crippen LogP contribution in [0.3, 0.4) is 0 Å². The molecule has 0 aromatic heterocycles. The third kappa shape index (κ3) is 5.78. The first-order chi connectivity index (χ1) is 15.9. The van der Waals surface area contributed by atoms with Crippen molar-refractivity contribution in [3.8, 4) is 5.75 Å². The molecule has 1 saturated heterocycles. The number of carbonyl (C=O) groups excluding carboxylic acids is 2. The molecule has 3 atom stereocenters. The number of hydrogen-bond acceptors (Lipinski definition) is 4. The molecule has 0 spiro atoms. The van der Waals surface area contributed by atoms with Crippen molar-refractivity contribution in [3.05, 3.63) is 65.2 Å². The summed E-state index contributed by atoms with van der Waals surface area (Å²) in [5, 5.41) is 8.51. The molecular formula is C24H28F2N4O3. The molecule has 0 bridgehead atoms. The van der Waals surface area contributed by atoms with Crippen LogP contribution in [0, 0.1) is 11.6 Å². The van der Waals surface area contributed by atoms with E-state index in [9.17, 15) is 18.4 Å². The van der Waals surface area contributed by atoms with E-state index in [1.165, 1.54) is 6.07 Å². The standard InChI is InChI=1S/C24H28F2N4O3/c1-27-24(32)29-17-7-8-30(13-17)22(31)12-28-21-11-18(21)19-9-16(25)10-20(26)23(19)33-14-15-5-3-2-4-6-15/h2-6,9-10,17-18,21,28H,7-8,11-14H2,1H3,(H2,27,29,32). The Labute approximate surface area is 191 Å². The van der Waals surface area contributed by atoms with E-state index in [1.54, 1.807) is 11.9 Å². The molecule has 2 aromatic rings. The molecule has 33 heavy (non-hydrogen) atoms. The van der Waals surface area contributed by atoms with Crippen LogP contribution in [-0.2, 0) is 11.4 Å². The van der Waals surface area contributed by atoms with Gasteiger partial charge in [0.15, 0.2) is 11.6 Å². The molecule has 3 amide bonds. The number of nitrogens with one attached hydrogen (secondary N) is 3. The number of hydrogen-bond donors (Lipinski definition) is 3. The summed E-state index contributed by atoms with van der Waals surface area (Å²) in [5.74, 6) is -1.51. The highest BCUT2D eigenvalue weighted by molar-refractivity contribution is 5.79. The summed E-state index contributed by atoms with van der Waals surface area (Å²) in [7, 11) is 1.55. The van der Waals surface area contributed by atoms with Crippen LogP contribution in [0.1, 0.15) is 29.9 Å². The average molecular weight is 459 g/mol. The summed E-state index contributed by atoms with van der Waals surface area (Å²) in [6, 6.07) is 11.1. The number of ether oxygens (including phenoxy) is 1. The Morgan fingerprint density at radius 2 is 1.97 bits per heavy atom. The SMILES string of the molecule is CNC(=O)NC1CCN(C(=O)CNC2CC2c2cc(F)cc(F)c2OCc2ccccc2)C1. The lowest BCUT2D eigenvalue weighted by Gasteiger charge is -2.17. The van der Waals surface area contributed by atoms with Gasteiger partial charge in [0, 0.05) is 49.8 Å². The van der Waals surface area contributed by atoms with Gasteiger partial charge in [-0.3, -0.25) is 4.79 Å². The van der Waals surface area contributed by atoms with E-state index < -0.39 is 11.6 Å². The normalized spacial score (nSPS) is 21.5. The van der Waals surface area contributed by atoms with Gasteiger partial charge < -0.3 is 25.6 Å². The zero-order valence-electron chi connectivity index (χ0n) is 18.4. The van der Waals surface area contributed by atoms with E-state index in [0.717, 1.165) is 11.6 Å². The van der Waals surface area contributed by atoms with Gasteiger partial charge in [-0.1, -0.05) is 30.3 Å². The number of halogens is 2. The summed E-state index contributed by atoms with van der Waals surface area (Å²) < 4.78 is 34.2. The van der Waals surface area contributed by atoms with Crippen LogP contribution in [0.4, 0.5) is 13.6 Å². The molecular weight excluding hydrogens is 430 g/mol. The van der Waals surface area contributed by atoms with Crippen molar-refractivity contribution in [2.45, 2.75) is 37.5 Å². The molecule has 7 nitrogen and oxygen atoms in total. The molecule has 1 aliphatic heterocycles. The first kappa shape index (κ1) is 23.0. The fraction of sp³-hybridized carbons (Fsp3) is 0.417. The maximum Gasteiger partial charge on any atom is 0.314 e. The van der Waals surface area contributed by atoms with E-state index in [0.29, 0.717) is 31.5 Å². The zero-order chi connectivity index (χ0) is 23.4. The second-order valence-corrected chi connectivity index (χ2v) is 8.46.